The third kappa shape index (κ3) is 3.11. The average Bonchev–Trinajstić information content (AvgIpc) is 2.46. The summed E-state index contributed by atoms with van der Waals surface area (Å²) in [7, 11) is 1.62. The molecule has 0 saturated heterocycles. The van der Waals surface area contributed by atoms with Crippen molar-refractivity contribution in [1.29, 1.82) is 0 Å². The van der Waals surface area contributed by atoms with Crippen LogP contribution in [-0.4, -0.2) is 11.7 Å². The fraction of sp³-hybridized carbons (Fsp3) is 0.250. The molecule has 0 heterocycles. The molecule has 3 heteroatoms. The van der Waals surface area contributed by atoms with E-state index in [0.717, 1.165) is 22.0 Å². The molecule has 0 bridgehead atoms. The van der Waals surface area contributed by atoms with E-state index >= 15 is 0 Å². The Morgan fingerprint density at radius 2 is 1.68 bits per heavy atom. The predicted molar refractivity (Wildman–Crippen MR) is 78.2 cm³/mol. The molecule has 0 N–H and O–H groups in total. The first-order valence-corrected chi connectivity index (χ1v) is 7.46. The minimum atomic E-state index is -1.13. The summed E-state index contributed by atoms with van der Waals surface area (Å²) in [6.07, 6.45) is 1.00. The van der Waals surface area contributed by atoms with Gasteiger partial charge in [-0.05, 0) is 60.9 Å². The molecule has 0 amide bonds. The molecule has 0 aromatic heterocycles. The van der Waals surface area contributed by atoms with Crippen molar-refractivity contribution in [2.45, 2.75) is 30.1 Å². The first-order chi connectivity index (χ1) is 9.15. The summed E-state index contributed by atoms with van der Waals surface area (Å²) in [5.41, 5.74) is 2.50. The van der Waals surface area contributed by atoms with Crippen molar-refractivity contribution < 1.29 is 9.29 Å². The van der Waals surface area contributed by atoms with Gasteiger partial charge in [-0.1, -0.05) is 13.0 Å². The Kier molecular flexibility index (Phi) is 4.51. The molecule has 1 atom stereocenters. The summed E-state index contributed by atoms with van der Waals surface area (Å²) in [4.78, 5) is 1.64. The number of hydrogen-bond donors (Lipinski definition) is 0. The summed E-state index contributed by atoms with van der Waals surface area (Å²) in [5.74, 6) is 0.776. The normalized spacial score (nSPS) is 12.2. The van der Waals surface area contributed by atoms with Crippen molar-refractivity contribution in [3.8, 4) is 5.75 Å². The fourth-order valence-corrected chi connectivity index (χ4v) is 3.15. The van der Waals surface area contributed by atoms with Crippen LogP contribution in [0.15, 0.2) is 52.3 Å². The number of benzene rings is 2. The van der Waals surface area contributed by atoms with Crippen LogP contribution in [0.1, 0.15) is 18.1 Å². The first-order valence-electron chi connectivity index (χ1n) is 6.31. The molecule has 0 aliphatic carbocycles. The molecule has 100 valence electrons. The highest BCUT2D eigenvalue weighted by Crippen LogP contribution is 2.24. The van der Waals surface area contributed by atoms with E-state index in [-0.39, 0.29) is 0 Å². The molecular weight excluding hydrogens is 256 g/mol. The maximum Gasteiger partial charge on any atom is 0.158 e. The zero-order valence-corrected chi connectivity index (χ0v) is 12.3. The number of rotatable bonds is 4. The molecule has 2 aromatic carbocycles. The molecule has 0 aliphatic heterocycles. The highest BCUT2D eigenvalue weighted by molar-refractivity contribution is 7.91. The predicted octanol–water partition coefficient (Wildman–Crippen LogP) is 3.73. The van der Waals surface area contributed by atoms with Gasteiger partial charge in [-0.15, -0.1) is 0 Å². The number of ether oxygens (including phenoxy) is 1. The summed E-state index contributed by atoms with van der Waals surface area (Å²) < 4.78 is 17.6. The highest BCUT2D eigenvalue weighted by Gasteiger charge is 2.15. The molecule has 0 aliphatic rings. The quantitative estimate of drug-likeness (QED) is 0.796. The third-order valence-electron chi connectivity index (χ3n) is 3.18. The van der Waals surface area contributed by atoms with Gasteiger partial charge >= 0.3 is 0 Å². The van der Waals surface area contributed by atoms with Crippen LogP contribution >= 0.6 is 0 Å². The van der Waals surface area contributed by atoms with Gasteiger partial charge in [-0.25, -0.2) is 0 Å². The lowest BCUT2D eigenvalue weighted by atomic mass is 10.1. The smallest absolute Gasteiger partial charge is 0.158 e. The van der Waals surface area contributed by atoms with Gasteiger partial charge in [0.25, 0.3) is 0 Å². The second-order valence-electron chi connectivity index (χ2n) is 4.39. The Labute approximate surface area is 117 Å². The van der Waals surface area contributed by atoms with Gasteiger partial charge in [0.1, 0.15) is 5.75 Å². The lowest BCUT2D eigenvalue weighted by molar-refractivity contribution is 0.414. The average molecular weight is 274 g/mol. The molecule has 0 spiro atoms. The van der Waals surface area contributed by atoms with Gasteiger partial charge in [0.2, 0.25) is 0 Å². The lowest BCUT2D eigenvalue weighted by Gasteiger charge is -2.12. The SMILES string of the molecule is CCc1ccc([S+]([O-])c2ccc(OC)cc2)cc1C. The van der Waals surface area contributed by atoms with Crippen molar-refractivity contribution in [3.63, 3.8) is 0 Å². The van der Waals surface area contributed by atoms with Crippen LogP contribution in [0.25, 0.3) is 0 Å². The van der Waals surface area contributed by atoms with E-state index < -0.39 is 11.2 Å². The topological polar surface area (TPSA) is 32.3 Å². The van der Waals surface area contributed by atoms with E-state index in [1.54, 1.807) is 7.11 Å². The van der Waals surface area contributed by atoms with Crippen molar-refractivity contribution >= 4 is 11.2 Å². The summed E-state index contributed by atoms with van der Waals surface area (Å²) in [6.45, 7) is 4.19. The highest BCUT2D eigenvalue weighted by atomic mass is 32.2. The molecule has 0 saturated carbocycles. The molecule has 2 rings (SSSR count). The van der Waals surface area contributed by atoms with Crippen molar-refractivity contribution in [1.82, 2.24) is 0 Å². The van der Waals surface area contributed by atoms with Crippen LogP contribution < -0.4 is 4.74 Å². The second-order valence-corrected chi connectivity index (χ2v) is 5.87. The maximum absolute atomic E-state index is 12.5. The van der Waals surface area contributed by atoms with Gasteiger partial charge in [0.15, 0.2) is 9.79 Å². The summed E-state index contributed by atoms with van der Waals surface area (Å²) >= 11 is -1.13. The molecule has 0 radical (unpaired) electrons. The molecule has 2 aromatic rings. The van der Waals surface area contributed by atoms with Crippen LogP contribution in [0.3, 0.4) is 0 Å². The van der Waals surface area contributed by atoms with Crippen LogP contribution in [0.4, 0.5) is 0 Å². The van der Waals surface area contributed by atoms with E-state index in [0.29, 0.717) is 0 Å². The molecular formula is C16H18O2S. The second kappa shape index (κ2) is 6.13. The Morgan fingerprint density at radius 1 is 1.05 bits per heavy atom. The standard InChI is InChI=1S/C16H18O2S/c1-4-13-5-8-16(11-12(13)2)19(17)15-9-6-14(18-3)7-10-15/h5-11H,4H2,1-3H3. The molecule has 19 heavy (non-hydrogen) atoms. The lowest BCUT2D eigenvalue weighted by Crippen LogP contribution is -2.03. The number of aryl methyl sites for hydroxylation is 2. The largest absolute Gasteiger partial charge is 0.606 e. The van der Waals surface area contributed by atoms with Gasteiger partial charge in [0.05, 0.1) is 7.11 Å². The number of methoxy groups -OCH3 is 1. The van der Waals surface area contributed by atoms with E-state index in [4.69, 9.17) is 4.74 Å². The molecule has 2 nitrogen and oxygen atoms in total. The Balaban J connectivity index is 2.27. The molecule has 0 fully saturated rings. The van der Waals surface area contributed by atoms with Crippen LogP contribution in [0.2, 0.25) is 0 Å². The summed E-state index contributed by atoms with van der Waals surface area (Å²) in [6, 6.07) is 13.4. The van der Waals surface area contributed by atoms with E-state index in [1.165, 1.54) is 11.1 Å². The Bertz CT molecular complexity index is 549. The first kappa shape index (κ1) is 14.0. The minimum Gasteiger partial charge on any atom is -0.606 e. The van der Waals surface area contributed by atoms with E-state index in [1.807, 2.05) is 36.4 Å². The van der Waals surface area contributed by atoms with Crippen molar-refractivity contribution in [2.75, 3.05) is 7.11 Å². The van der Waals surface area contributed by atoms with Gasteiger partial charge in [-0.3, -0.25) is 0 Å². The Hall–Kier alpha value is -1.45. The maximum atomic E-state index is 12.5. The monoisotopic (exact) mass is 274 g/mol. The van der Waals surface area contributed by atoms with Crippen LogP contribution in [0.5, 0.6) is 5.75 Å². The zero-order chi connectivity index (χ0) is 13.8. The number of hydrogen-bond acceptors (Lipinski definition) is 2. The fourth-order valence-electron chi connectivity index (χ4n) is 2.02. The van der Waals surface area contributed by atoms with Gasteiger partial charge in [-0.2, -0.15) is 0 Å². The van der Waals surface area contributed by atoms with Gasteiger partial charge < -0.3 is 9.29 Å². The van der Waals surface area contributed by atoms with E-state index in [9.17, 15) is 4.55 Å². The Morgan fingerprint density at radius 3 is 2.21 bits per heavy atom. The molecule has 1 unspecified atom stereocenters. The minimum absolute atomic E-state index is 0.776. The van der Waals surface area contributed by atoms with Crippen LogP contribution in [0, 0.1) is 6.92 Å². The third-order valence-corrected chi connectivity index (χ3v) is 4.56. The van der Waals surface area contributed by atoms with E-state index in [2.05, 4.69) is 19.9 Å². The van der Waals surface area contributed by atoms with Gasteiger partial charge in [0, 0.05) is 11.2 Å². The summed E-state index contributed by atoms with van der Waals surface area (Å²) in [5, 5.41) is 0. The van der Waals surface area contributed by atoms with Crippen LogP contribution in [-0.2, 0) is 17.6 Å². The zero-order valence-electron chi connectivity index (χ0n) is 11.5. The van der Waals surface area contributed by atoms with Crippen molar-refractivity contribution in [2.24, 2.45) is 0 Å². The van der Waals surface area contributed by atoms with Crippen molar-refractivity contribution in [3.05, 3.63) is 53.6 Å².